The molecule has 1 amide bonds. The number of para-hydroxylation sites is 2. The highest BCUT2D eigenvalue weighted by Crippen LogP contribution is 2.24. The fourth-order valence-corrected chi connectivity index (χ4v) is 3.67. The molecule has 0 aliphatic heterocycles. The first-order valence-electron chi connectivity index (χ1n) is 10.2. The number of ether oxygens (including phenoxy) is 1. The van der Waals surface area contributed by atoms with Crippen molar-refractivity contribution in [2.75, 3.05) is 38.6 Å². The van der Waals surface area contributed by atoms with Gasteiger partial charge in [0.2, 0.25) is 15.9 Å². The Morgan fingerprint density at radius 2 is 1.70 bits per heavy atom. The van der Waals surface area contributed by atoms with E-state index in [4.69, 9.17) is 4.74 Å². The highest BCUT2D eigenvalue weighted by Gasteiger charge is 2.12. The van der Waals surface area contributed by atoms with Gasteiger partial charge in [0.05, 0.1) is 10.6 Å². The van der Waals surface area contributed by atoms with Crippen LogP contribution in [0, 0.1) is 0 Å². The molecule has 0 aliphatic carbocycles. The van der Waals surface area contributed by atoms with Crippen LogP contribution in [-0.4, -0.2) is 52.5 Å². The summed E-state index contributed by atoms with van der Waals surface area (Å²) in [4.78, 5) is 14.9. The van der Waals surface area contributed by atoms with E-state index in [0.29, 0.717) is 24.5 Å². The number of amides is 1. The number of carbonyl (C=O) groups is 1. The second-order valence-electron chi connectivity index (χ2n) is 6.77. The third kappa shape index (κ3) is 7.12. The lowest BCUT2D eigenvalue weighted by atomic mass is 10.1. The number of benzene rings is 2. The molecule has 0 bridgehead atoms. The average molecular weight is 434 g/mol. The summed E-state index contributed by atoms with van der Waals surface area (Å²) in [7, 11) is -2.08. The molecule has 2 aromatic carbocycles. The summed E-state index contributed by atoms with van der Waals surface area (Å²) in [6.07, 6.45) is 0.794. The van der Waals surface area contributed by atoms with E-state index in [0.717, 1.165) is 25.2 Å². The van der Waals surface area contributed by atoms with Gasteiger partial charge in [-0.25, -0.2) is 13.1 Å². The van der Waals surface area contributed by atoms with Gasteiger partial charge < -0.3 is 15.0 Å². The van der Waals surface area contributed by atoms with Crippen LogP contribution in [0.1, 0.15) is 25.8 Å². The summed E-state index contributed by atoms with van der Waals surface area (Å²) >= 11 is 0. The second-order valence-corrected chi connectivity index (χ2v) is 8.66. The van der Waals surface area contributed by atoms with Crippen molar-refractivity contribution in [1.82, 2.24) is 9.62 Å². The van der Waals surface area contributed by atoms with E-state index in [2.05, 4.69) is 28.8 Å². The molecule has 0 atom stereocenters. The van der Waals surface area contributed by atoms with Crippen molar-refractivity contribution < 1.29 is 17.9 Å². The first kappa shape index (κ1) is 23.9. The van der Waals surface area contributed by atoms with Gasteiger partial charge >= 0.3 is 0 Å². The van der Waals surface area contributed by atoms with E-state index < -0.39 is 10.0 Å². The SMILES string of the molecule is CCN(CC)CCOc1ccccc1NC(=O)CCc1ccc(S(=O)(=O)NC)cc1. The van der Waals surface area contributed by atoms with Gasteiger partial charge in [-0.1, -0.05) is 38.1 Å². The second kappa shape index (κ2) is 11.7. The largest absolute Gasteiger partial charge is 0.490 e. The minimum absolute atomic E-state index is 0.123. The molecule has 0 fully saturated rings. The lowest BCUT2D eigenvalue weighted by Crippen LogP contribution is -2.28. The molecule has 0 unspecified atom stereocenters. The van der Waals surface area contributed by atoms with Crippen LogP contribution in [0.25, 0.3) is 0 Å². The van der Waals surface area contributed by atoms with Gasteiger partial charge in [0, 0.05) is 13.0 Å². The molecule has 0 aliphatic rings. The Morgan fingerprint density at radius 3 is 2.33 bits per heavy atom. The highest BCUT2D eigenvalue weighted by molar-refractivity contribution is 7.89. The number of hydrogen-bond acceptors (Lipinski definition) is 5. The van der Waals surface area contributed by atoms with Gasteiger partial charge in [-0.15, -0.1) is 0 Å². The maximum Gasteiger partial charge on any atom is 0.240 e. The van der Waals surface area contributed by atoms with Crippen molar-refractivity contribution in [3.63, 3.8) is 0 Å². The highest BCUT2D eigenvalue weighted by atomic mass is 32.2. The van der Waals surface area contributed by atoms with E-state index in [1.165, 1.54) is 19.2 Å². The zero-order valence-electron chi connectivity index (χ0n) is 17.8. The van der Waals surface area contributed by atoms with Crippen molar-refractivity contribution in [3.05, 3.63) is 54.1 Å². The predicted molar refractivity (Wildman–Crippen MR) is 119 cm³/mol. The number of aryl methyl sites for hydroxylation is 1. The molecule has 0 saturated heterocycles. The molecular formula is C22H31N3O4S. The van der Waals surface area contributed by atoms with Gasteiger partial charge in [-0.2, -0.15) is 0 Å². The van der Waals surface area contributed by atoms with Crippen LogP contribution in [0.2, 0.25) is 0 Å². The van der Waals surface area contributed by atoms with Gasteiger partial charge in [0.1, 0.15) is 12.4 Å². The Hall–Kier alpha value is -2.42. The smallest absolute Gasteiger partial charge is 0.240 e. The summed E-state index contributed by atoms with van der Waals surface area (Å²) in [6, 6.07) is 13.9. The molecule has 0 radical (unpaired) electrons. The van der Waals surface area contributed by atoms with Gasteiger partial charge in [0.25, 0.3) is 0 Å². The molecule has 7 nitrogen and oxygen atoms in total. The Morgan fingerprint density at radius 1 is 1.03 bits per heavy atom. The topological polar surface area (TPSA) is 87.7 Å². The van der Waals surface area contributed by atoms with Gasteiger partial charge in [-0.05, 0) is 56.4 Å². The molecule has 30 heavy (non-hydrogen) atoms. The first-order valence-corrected chi connectivity index (χ1v) is 11.6. The molecule has 164 valence electrons. The number of rotatable bonds is 12. The molecule has 2 N–H and O–H groups in total. The maximum atomic E-state index is 12.4. The Balaban J connectivity index is 1.89. The molecule has 0 spiro atoms. The van der Waals surface area contributed by atoms with Crippen LogP contribution < -0.4 is 14.8 Å². The van der Waals surface area contributed by atoms with E-state index in [1.54, 1.807) is 12.1 Å². The number of anilines is 1. The number of hydrogen-bond donors (Lipinski definition) is 2. The molecule has 8 heteroatoms. The predicted octanol–water partition coefficient (Wildman–Crippen LogP) is 2.89. The number of likely N-dealkylation sites (N-methyl/N-ethyl adjacent to an activating group) is 1. The maximum absolute atomic E-state index is 12.4. The average Bonchev–Trinajstić information content (AvgIpc) is 2.76. The lowest BCUT2D eigenvalue weighted by Gasteiger charge is -2.19. The Kier molecular flexibility index (Phi) is 9.29. The normalized spacial score (nSPS) is 11.5. The third-order valence-electron chi connectivity index (χ3n) is 4.86. The zero-order valence-corrected chi connectivity index (χ0v) is 18.7. The molecule has 2 rings (SSSR count). The summed E-state index contributed by atoms with van der Waals surface area (Å²) < 4.78 is 31.7. The van der Waals surface area contributed by atoms with Crippen molar-refractivity contribution in [2.24, 2.45) is 0 Å². The van der Waals surface area contributed by atoms with Crippen molar-refractivity contribution in [1.29, 1.82) is 0 Å². The van der Waals surface area contributed by atoms with Crippen LogP contribution in [0.4, 0.5) is 5.69 Å². The van der Waals surface area contributed by atoms with Crippen molar-refractivity contribution >= 4 is 21.6 Å². The first-order chi connectivity index (χ1) is 14.4. The Labute approximate surface area is 179 Å². The molecular weight excluding hydrogens is 402 g/mol. The van der Waals surface area contributed by atoms with E-state index in [-0.39, 0.29) is 17.2 Å². The molecule has 2 aromatic rings. The number of sulfonamides is 1. The number of carbonyl (C=O) groups excluding carboxylic acids is 1. The van der Waals surface area contributed by atoms with Crippen molar-refractivity contribution in [2.45, 2.75) is 31.6 Å². The summed E-state index contributed by atoms with van der Waals surface area (Å²) in [5, 5.41) is 2.91. The van der Waals surface area contributed by atoms with Gasteiger partial charge in [0.15, 0.2) is 0 Å². The van der Waals surface area contributed by atoms with Crippen LogP contribution in [0.3, 0.4) is 0 Å². The molecule has 0 saturated carbocycles. The third-order valence-corrected chi connectivity index (χ3v) is 6.29. The molecule has 0 heterocycles. The van der Waals surface area contributed by atoms with Crippen LogP contribution in [-0.2, 0) is 21.2 Å². The van der Waals surface area contributed by atoms with Crippen molar-refractivity contribution in [3.8, 4) is 5.75 Å². The molecule has 0 aromatic heterocycles. The monoisotopic (exact) mass is 433 g/mol. The minimum Gasteiger partial charge on any atom is -0.490 e. The summed E-state index contributed by atoms with van der Waals surface area (Å²) in [5.74, 6) is 0.529. The fourth-order valence-electron chi connectivity index (χ4n) is 2.94. The number of nitrogens with zero attached hydrogens (tertiary/aromatic N) is 1. The standard InChI is InChI=1S/C22H31N3O4S/c1-4-25(5-2)16-17-29-21-9-7-6-8-20(21)24-22(26)15-12-18-10-13-19(14-11-18)30(27,28)23-3/h6-11,13-14,23H,4-5,12,15-17H2,1-3H3,(H,24,26). The van der Waals surface area contributed by atoms with Crippen LogP contribution >= 0.6 is 0 Å². The number of nitrogens with one attached hydrogen (secondary N) is 2. The van der Waals surface area contributed by atoms with E-state index >= 15 is 0 Å². The Bertz CT molecular complexity index is 910. The van der Waals surface area contributed by atoms with E-state index in [9.17, 15) is 13.2 Å². The fraction of sp³-hybridized carbons (Fsp3) is 0.409. The lowest BCUT2D eigenvalue weighted by molar-refractivity contribution is -0.116. The van der Waals surface area contributed by atoms with Crippen LogP contribution in [0.15, 0.2) is 53.4 Å². The summed E-state index contributed by atoms with van der Waals surface area (Å²) in [5.41, 5.74) is 1.54. The zero-order chi connectivity index (χ0) is 22.0. The van der Waals surface area contributed by atoms with Gasteiger partial charge in [-0.3, -0.25) is 4.79 Å². The quantitative estimate of drug-likeness (QED) is 0.537. The van der Waals surface area contributed by atoms with E-state index in [1.807, 2.05) is 24.3 Å². The minimum atomic E-state index is -3.45. The van der Waals surface area contributed by atoms with Crippen LogP contribution in [0.5, 0.6) is 5.75 Å². The summed E-state index contributed by atoms with van der Waals surface area (Å²) in [6.45, 7) is 7.56.